The van der Waals surface area contributed by atoms with Gasteiger partial charge in [0.25, 0.3) is 5.91 Å². The van der Waals surface area contributed by atoms with E-state index >= 15 is 0 Å². The summed E-state index contributed by atoms with van der Waals surface area (Å²) in [5, 5.41) is 4.39. The molecule has 0 radical (unpaired) electrons. The molecule has 1 aromatic heterocycles. The molecule has 2 aromatic carbocycles. The molecule has 2 fully saturated rings. The molecule has 150 valence electrons. The van der Waals surface area contributed by atoms with Crippen molar-refractivity contribution in [1.29, 1.82) is 0 Å². The fourth-order valence-corrected chi connectivity index (χ4v) is 5.73. The van der Waals surface area contributed by atoms with Gasteiger partial charge in [0.15, 0.2) is 0 Å². The van der Waals surface area contributed by atoms with Crippen molar-refractivity contribution in [2.45, 2.75) is 43.8 Å². The standard InChI is InChI=1S/C24H26BrN3O/c1-27-18-9-10-19(27)14-17(13-18)26-24(29)22-20-12-16(25)8-11-21(20)28(2)23(22)15-6-4-3-5-7-15/h3-8,11-12,17-19H,9-10,13-14H2,1-2H3,(H,26,29)/t17?,18-,19+. The zero-order valence-electron chi connectivity index (χ0n) is 16.9. The van der Waals surface area contributed by atoms with E-state index in [0.29, 0.717) is 12.1 Å². The molecule has 1 unspecified atom stereocenters. The van der Waals surface area contributed by atoms with Gasteiger partial charge in [0.05, 0.1) is 11.3 Å². The SMILES string of the molecule is CN1[C@@H]2CC[C@H]1CC(NC(=O)c1c(-c3ccccc3)n(C)c3ccc(Br)cc13)C2. The van der Waals surface area contributed by atoms with Crippen LogP contribution in [0.4, 0.5) is 0 Å². The average molecular weight is 452 g/mol. The van der Waals surface area contributed by atoms with Gasteiger partial charge in [-0.15, -0.1) is 0 Å². The van der Waals surface area contributed by atoms with Crippen LogP contribution in [0.15, 0.2) is 53.0 Å². The van der Waals surface area contributed by atoms with Gasteiger partial charge in [0.1, 0.15) is 0 Å². The van der Waals surface area contributed by atoms with Crippen molar-refractivity contribution in [2.24, 2.45) is 7.05 Å². The summed E-state index contributed by atoms with van der Waals surface area (Å²) in [6.07, 6.45) is 4.61. The van der Waals surface area contributed by atoms with Crippen molar-refractivity contribution in [3.63, 3.8) is 0 Å². The van der Waals surface area contributed by atoms with E-state index in [1.807, 2.05) is 31.3 Å². The van der Waals surface area contributed by atoms with Crippen LogP contribution in [0, 0.1) is 0 Å². The van der Waals surface area contributed by atoms with E-state index in [-0.39, 0.29) is 11.9 Å². The number of aromatic nitrogens is 1. The van der Waals surface area contributed by atoms with Crippen molar-refractivity contribution in [2.75, 3.05) is 7.05 Å². The fourth-order valence-electron chi connectivity index (χ4n) is 5.37. The third kappa shape index (κ3) is 3.21. The van der Waals surface area contributed by atoms with E-state index < -0.39 is 0 Å². The first-order valence-electron chi connectivity index (χ1n) is 10.4. The monoisotopic (exact) mass is 451 g/mol. The van der Waals surface area contributed by atoms with Crippen molar-refractivity contribution >= 4 is 32.7 Å². The fraction of sp³-hybridized carbons (Fsp3) is 0.375. The van der Waals surface area contributed by atoms with Crippen LogP contribution in [0.25, 0.3) is 22.2 Å². The van der Waals surface area contributed by atoms with Gasteiger partial charge < -0.3 is 14.8 Å². The second-order valence-electron chi connectivity index (χ2n) is 8.50. The summed E-state index contributed by atoms with van der Waals surface area (Å²) in [4.78, 5) is 16.1. The number of benzene rings is 2. The molecule has 1 amide bonds. The Morgan fingerprint density at radius 3 is 2.41 bits per heavy atom. The smallest absolute Gasteiger partial charge is 0.254 e. The quantitative estimate of drug-likeness (QED) is 0.610. The number of fused-ring (bicyclic) bond motifs is 3. The lowest BCUT2D eigenvalue weighted by Gasteiger charge is -2.36. The molecule has 2 saturated heterocycles. The molecule has 2 aliphatic heterocycles. The van der Waals surface area contributed by atoms with Crippen molar-refractivity contribution < 1.29 is 4.79 Å². The van der Waals surface area contributed by atoms with Crippen LogP contribution in [0.5, 0.6) is 0 Å². The van der Waals surface area contributed by atoms with E-state index in [1.165, 1.54) is 12.8 Å². The Balaban J connectivity index is 1.56. The van der Waals surface area contributed by atoms with Gasteiger partial charge >= 0.3 is 0 Å². The minimum atomic E-state index is 0.0431. The van der Waals surface area contributed by atoms with Gasteiger partial charge in [-0.25, -0.2) is 0 Å². The van der Waals surface area contributed by atoms with Gasteiger partial charge in [-0.05, 0) is 56.5 Å². The highest BCUT2D eigenvalue weighted by molar-refractivity contribution is 9.10. The molecule has 29 heavy (non-hydrogen) atoms. The lowest BCUT2D eigenvalue weighted by molar-refractivity contribution is 0.0884. The van der Waals surface area contributed by atoms with Crippen LogP contribution in [0.1, 0.15) is 36.0 Å². The Labute approximate surface area is 180 Å². The molecular weight excluding hydrogens is 426 g/mol. The summed E-state index contributed by atoms with van der Waals surface area (Å²) >= 11 is 3.59. The number of nitrogens with one attached hydrogen (secondary N) is 1. The minimum Gasteiger partial charge on any atom is -0.349 e. The van der Waals surface area contributed by atoms with E-state index in [4.69, 9.17) is 0 Å². The van der Waals surface area contributed by atoms with Crippen molar-refractivity contribution in [3.8, 4) is 11.3 Å². The molecule has 0 saturated carbocycles. The number of carbonyl (C=O) groups is 1. The third-order valence-corrected chi connectivity index (χ3v) is 7.36. The lowest BCUT2D eigenvalue weighted by Crippen LogP contribution is -2.48. The Kier molecular flexibility index (Phi) is 4.75. The van der Waals surface area contributed by atoms with E-state index in [9.17, 15) is 4.79 Å². The number of hydrogen-bond donors (Lipinski definition) is 1. The number of carbonyl (C=O) groups excluding carboxylic acids is 1. The molecule has 0 spiro atoms. The zero-order valence-corrected chi connectivity index (χ0v) is 18.4. The number of nitrogens with zero attached hydrogens (tertiary/aromatic N) is 2. The predicted octanol–water partition coefficient (Wildman–Crippen LogP) is 4.96. The summed E-state index contributed by atoms with van der Waals surface area (Å²) in [5.41, 5.74) is 3.89. The van der Waals surface area contributed by atoms with E-state index in [0.717, 1.165) is 45.0 Å². The topological polar surface area (TPSA) is 37.3 Å². The van der Waals surface area contributed by atoms with Crippen LogP contribution in [-0.2, 0) is 7.05 Å². The van der Waals surface area contributed by atoms with Gasteiger partial charge in [0.2, 0.25) is 0 Å². The van der Waals surface area contributed by atoms with E-state index in [2.05, 4.69) is 62.0 Å². The first-order chi connectivity index (χ1) is 14.0. The molecule has 4 nitrogen and oxygen atoms in total. The summed E-state index contributed by atoms with van der Waals surface area (Å²) in [6, 6.07) is 17.9. The highest BCUT2D eigenvalue weighted by Crippen LogP contribution is 2.37. The maximum absolute atomic E-state index is 13.6. The predicted molar refractivity (Wildman–Crippen MR) is 121 cm³/mol. The normalized spacial score (nSPS) is 24.2. The second kappa shape index (κ2) is 7.29. The average Bonchev–Trinajstić information content (AvgIpc) is 3.09. The number of hydrogen-bond acceptors (Lipinski definition) is 2. The van der Waals surface area contributed by atoms with Gasteiger partial charge in [-0.3, -0.25) is 4.79 Å². The third-order valence-electron chi connectivity index (χ3n) is 6.87. The number of rotatable bonds is 3. The maximum Gasteiger partial charge on any atom is 0.254 e. The van der Waals surface area contributed by atoms with Crippen LogP contribution in [-0.4, -0.2) is 40.5 Å². The highest BCUT2D eigenvalue weighted by Gasteiger charge is 2.39. The van der Waals surface area contributed by atoms with Crippen molar-refractivity contribution in [3.05, 3.63) is 58.6 Å². The Morgan fingerprint density at radius 2 is 1.72 bits per heavy atom. The van der Waals surface area contributed by atoms with Crippen LogP contribution in [0.3, 0.4) is 0 Å². The van der Waals surface area contributed by atoms with E-state index in [1.54, 1.807) is 0 Å². The van der Waals surface area contributed by atoms with Crippen LogP contribution < -0.4 is 5.32 Å². The largest absolute Gasteiger partial charge is 0.349 e. The molecule has 5 rings (SSSR count). The maximum atomic E-state index is 13.6. The number of piperidine rings is 1. The first-order valence-corrected chi connectivity index (χ1v) is 11.2. The number of halogens is 1. The Hall–Kier alpha value is -2.11. The molecular formula is C24H26BrN3O. The molecule has 3 heterocycles. The zero-order chi connectivity index (χ0) is 20.1. The van der Waals surface area contributed by atoms with Gasteiger partial charge in [-0.1, -0.05) is 46.3 Å². The molecule has 5 heteroatoms. The first kappa shape index (κ1) is 18.9. The van der Waals surface area contributed by atoms with Crippen LogP contribution in [0.2, 0.25) is 0 Å². The number of amides is 1. The van der Waals surface area contributed by atoms with Gasteiger partial charge in [0, 0.05) is 40.5 Å². The minimum absolute atomic E-state index is 0.0431. The molecule has 0 aliphatic carbocycles. The molecule has 2 aliphatic rings. The van der Waals surface area contributed by atoms with Crippen LogP contribution >= 0.6 is 15.9 Å². The summed E-state index contributed by atoms with van der Waals surface area (Å²) in [6.45, 7) is 0. The Bertz CT molecular complexity index is 1060. The van der Waals surface area contributed by atoms with Crippen molar-refractivity contribution in [1.82, 2.24) is 14.8 Å². The number of aryl methyl sites for hydroxylation is 1. The Morgan fingerprint density at radius 1 is 1.03 bits per heavy atom. The summed E-state index contributed by atoms with van der Waals surface area (Å²) in [5.74, 6) is 0.0431. The molecule has 1 N–H and O–H groups in total. The second-order valence-corrected chi connectivity index (χ2v) is 9.42. The summed E-state index contributed by atoms with van der Waals surface area (Å²) in [7, 11) is 4.28. The van der Waals surface area contributed by atoms with Gasteiger partial charge in [-0.2, -0.15) is 0 Å². The highest BCUT2D eigenvalue weighted by atomic mass is 79.9. The molecule has 2 bridgehead atoms. The molecule has 3 aromatic rings. The summed E-state index contributed by atoms with van der Waals surface area (Å²) < 4.78 is 3.13. The molecule has 3 atom stereocenters. The lowest BCUT2D eigenvalue weighted by atomic mass is 9.97.